The number of nitrogens with one attached hydrogen (secondary N) is 1. The molecule has 14 nitrogen and oxygen atoms in total. The summed E-state index contributed by atoms with van der Waals surface area (Å²) in [5, 5.41) is 3.58. The molecule has 0 aliphatic carbocycles. The largest absolute Gasteiger partial charge is 0.465 e. The highest BCUT2D eigenvalue weighted by molar-refractivity contribution is 9.08. The van der Waals surface area contributed by atoms with Gasteiger partial charge in [-0.3, -0.25) is 14.9 Å². The van der Waals surface area contributed by atoms with E-state index in [2.05, 4.69) is 59.8 Å². The van der Waals surface area contributed by atoms with Gasteiger partial charge >= 0.3 is 24.0 Å². The van der Waals surface area contributed by atoms with Gasteiger partial charge in [0.2, 0.25) is 0 Å². The van der Waals surface area contributed by atoms with Crippen LogP contribution in [0.25, 0.3) is 0 Å². The predicted molar refractivity (Wildman–Crippen MR) is 215 cm³/mol. The van der Waals surface area contributed by atoms with E-state index in [4.69, 9.17) is 4.74 Å². The number of urea groups is 2. The quantitative estimate of drug-likeness (QED) is 0.189. The van der Waals surface area contributed by atoms with E-state index in [1.54, 1.807) is 29.2 Å². The lowest BCUT2D eigenvalue weighted by molar-refractivity contribution is 0.0591. The van der Waals surface area contributed by atoms with Crippen LogP contribution in [-0.4, -0.2) is 134 Å². The van der Waals surface area contributed by atoms with Crippen LogP contribution < -0.4 is 10.2 Å². The van der Waals surface area contributed by atoms with Gasteiger partial charge in [-0.2, -0.15) is 0 Å². The van der Waals surface area contributed by atoms with Crippen molar-refractivity contribution in [2.24, 2.45) is 0 Å². The summed E-state index contributed by atoms with van der Waals surface area (Å²) >= 11 is 3.26. The smallest absolute Gasteiger partial charge is 0.339 e. The molecule has 2 fully saturated rings. The van der Waals surface area contributed by atoms with Gasteiger partial charge in [-0.05, 0) is 62.6 Å². The van der Waals surface area contributed by atoms with Gasteiger partial charge in [0, 0.05) is 81.5 Å². The molecule has 292 valence electrons. The number of ether oxygens (including phenoxy) is 2. The van der Waals surface area contributed by atoms with Gasteiger partial charge in [0.15, 0.2) is 0 Å². The predicted octanol–water partition coefficient (Wildman–Crippen LogP) is 5.47. The Bertz CT molecular complexity index is 1790. The molecule has 4 heterocycles. The number of carbonyl (C=O) groups is 4. The third kappa shape index (κ3) is 13.5. The number of piperazine rings is 2. The SMILES string of the molecule is CN1CCN(C(=O)Nc2ccccc2)CC1.COC(=O)c1ccc(CBr)nc1.COC(=O)c1ccc(CN(C(=O)N2CCN(C)CC2)c2ccccc2)nc1. The van der Waals surface area contributed by atoms with Gasteiger partial charge < -0.3 is 34.4 Å². The van der Waals surface area contributed by atoms with Crippen LogP contribution in [0.1, 0.15) is 32.1 Å². The van der Waals surface area contributed by atoms with Crippen molar-refractivity contribution in [3.63, 3.8) is 0 Å². The van der Waals surface area contributed by atoms with Crippen molar-refractivity contribution < 1.29 is 28.7 Å². The van der Waals surface area contributed by atoms with Gasteiger partial charge in [-0.15, -0.1) is 0 Å². The second-order valence-electron chi connectivity index (χ2n) is 12.8. The zero-order valence-corrected chi connectivity index (χ0v) is 33.4. The first-order chi connectivity index (χ1) is 26.6. The Hall–Kier alpha value is -5.38. The van der Waals surface area contributed by atoms with Crippen LogP contribution in [0.4, 0.5) is 21.0 Å². The van der Waals surface area contributed by atoms with Crippen molar-refractivity contribution in [3.8, 4) is 0 Å². The molecule has 0 spiro atoms. The molecule has 0 radical (unpaired) electrons. The number of hydrogen-bond donors (Lipinski definition) is 1. The van der Waals surface area contributed by atoms with Gasteiger partial charge in [0.1, 0.15) is 0 Å². The van der Waals surface area contributed by atoms with Crippen LogP contribution in [0.15, 0.2) is 97.3 Å². The number of methoxy groups -OCH3 is 2. The molecule has 6 rings (SSSR count). The number of carbonyl (C=O) groups excluding carboxylic acids is 4. The normalized spacial score (nSPS) is 14.3. The van der Waals surface area contributed by atoms with Crippen molar-refractivity contribution >= 4 is 51.3 Å². The number of likely N-dealkylation sites (N-methyl/N-ethyl adjacent to an activating group) is 2. The second kappa shape index (κ2) is 22.1. The summed E-state index contributed by atoms with van der Waals surface area (Å²) in [6, 6.07) is 26.0. The Balaban J connectivity index is 0.000000203. The monoisotopic (exact) mass is 816 g/mol. The first-order valence-corrected chi connectivity index (χ1v) is 19.0. The molecular weight excluding hydrogens is 768 g/mol. The molecule has 4 amide bonds. The zero-order chi connectivity index (χ0) is 39.6. The minimum absolute atomic E-state index is 0.000648. The number of halogens is 1. The van der Waals surface area contributed by atoms with Crippen molar-refractivity contribution in [3.05, 3.63) is 120 Å². The molecule has 0 unspecified atom stereocenters. The van der Waals surface area contributed by atoms with Crippen molar-refractivity contribution in [1.82, 2.24) is 29.6 Å². The summed E-state index contributed by atoms with van der Waals surface area (Å²) in [7, 11) is 6.82. The lowest BCUT2D eigenvalue weighted by Gasteiger charge is -2.36. The fourth-order valence-corrected chi connectivity index (χ4v) is 5.77. The third-order valence-corrected chi connectivity index (χ3v) is 9.41. The number of hydrogen-bond acceptors (Lipinski definition) is 10. The Morgan fingerprint density at radius 3 is 1.58 bits per heavy atom. The minimum atomic E-state index is -0.428. The van der Waals surface area contributed by atoms with E-state index in [0.29, 0.717) is 41.8 Å². The standard InChI is InChI=1S/C20H24N4O3.C12H17N3O.C8H8BrNO2/c1-22-10-12-23(13-11-22)20(26)24(18-6-4-3-5-7-18)15-17-9-8-16(14-21-17)19(25)27-2;1-14-7-9-15(10-8-14)12(16)13-11-5-3-2-4-6-11;1-12-8(11)6-2-3-7(4-9)10-5-6/h3-9,14H,10-13,15H2,1-2H3;2-6H,7-10H2,1H3,(H,13,16);2-3,5H,4H2,1H3. The summed E-state index contributed by atoms with van der Waals surface area (Å²) in [5.74, 6) is -0.786. The van der Waals surface area contributed by atoms with Gasteiger partial charge in [0.05, 0.1) is 43.3 Å². The van der Waals surface area contributed by atoms with Gasteiger partial charge in [-0.25, -0.2) is 19.2 Å². The van der Waals surface area contributed by atoms with Gasteiger partial charge in [0.25, 0.3) is 0 Å². The maximum atomic E-state index is 13.2. The number of amides is 4. The van der Waals surface area contributed by atoms with E-state index in [9.17, 15) is 19.2 Å². The van der Waals surface area contributed by atoms with Crippen LogP contribution in [0.3, 0.4) is 0 Å². The van der Waals surface area contributed by atoms with Crippen molar-refractivity contribution in [2.45, 2.75) is 11.9 Å². The number of nitrogens with zero attached hydrogens (tertiary/aromatic N) is 7. The lowest BCUT2D eigenvalue weighted by atomic mass is 10.2. The summed E-state index contributed by atoms with van der Waals surface area (Å²) in [6.07, 6.45) is 2.98. The molecule has 2 aromatic carbocycles. The average Bonchev–Trinajstić information content (AvgIpc) is 3.24. The highest BCUT2D eigenvalue weighted by Gasteiger charge is 2.26. The average molecular weight is 818 g/mol. The number of rotatable bonds is 7. The van der Waals surface area contributed by atoms with Crippen LogP contribution in [0.5, 0.6) is 0 Å². The molecule has 4 aromatic rings. The van der Waals surface area contributed by atoms with E-state index in [0.717, 1.165) is 56.3 Å². The van der Waals surface area contributed by atoms with E-state index in [1.165, 1.54) is 26.6 Å². The zero-order valence-electron chi connectivity index (χ0n) is 31.8. The molecule has 1 N–H and O–H groups in total. The minimum Gasteiger partial charge on any atom is -0.465 e. The topological polar surface area (TPSA) is 141 Å². The number of alkyl halides is 1. The van der Waals surface area contributed by atoms with E-state index in [-0.39, 0.29) is 18.0 Å². The molecular formula is C40H49BrN8O6. The summed E-state index contributed by atoms with van der Waals surface area (Å²) in [5.41, 5.74) is 4.13. The Morgan fingerprint density at radius 2 is 1.13 bits per heavy atom. The molecule has 0 bridgehead atoms. The number of benzene rings is 2. The fourth-order valence-electron chi connectivity index (χ4n) is 5.44. The second-order valence-corrected chi connectivity index (χ2v) is 13.3. The summed E-state index contributed by atoms with van der Waals surface area (Å²) in [6.45, 7) is 6.95. The maximum Gasteiger partial charge on any atom is 0.339 e. The molecule has 2 saturated heterocycles. The van der Waals surface area contributed by atoms with Crippen LogP contribution >= 0.6 is 15.9 Å². The number of pyridine rings is 2. The highest BCUT2D eigenvalue weighted by Crippen LogP contribution is 2.19. The molecule has 2 aliphatic rings. The maximum absolute atomic E-state index is 13.2. The molecule has 55 heavy (non-hydrogen) atoms. The number of para-hydroxylation sites is 2. The Labute approximate surface area is 331 Å². The first-order valence-electron chi connectivity index (χ1n) is 17.8. The van der Waals surface area contributed by atoms with Crippen molar-refractivity contribution in [2.75, 3.05) is 90.9 Å². The molecule has 0 atom stereocenters. The van der Waals surface area contributed by atoms with E-state index >= 15 is 0 Å². The van der Waals surface area contributed by atoms with Crippen molar-refractivity contribution in [1.29, 1.82) is 0 Å². The molecule has 15 heteroatoms. The fraction of sp³-hybridized carbons (Fsp3) is 0.350. The lowest BCUT2D eigenvalue weighted by Crippen LogP contribution is -2.52. The summed E-state index contributed by atoms with van der Waals surface area (Å²) < 4.78 is 9.22. The van der Waals surface area contributed by atoms with Gasteiger partial charge in [-0.1, -0.05) is 52.3 Å². The Morgan fingerprint density at radius 1 is 0.655 bits per heavy atom. The van der Waals surface area contributed by atoms with Crippen LogP contribution in [-0.2, 0) is 21.3 Å². The summed E-state index contributed by atoms with van der Waals surface area (Å²) in [4.78, 5) is 65.8. The Kier molecular flexibility index (Phi) is 17.0. The molecule has 2 aromatic heterocycles. The van der Waals surface area contributed by atoms with E-state index in [1.807, 2.05) is 70.5 Å². The first kappa shape index (κ1) is 42.4. The van der Waals surface area contributed by atoms with Crippen LogP contribution in [0.2, 0.25) is 0 Å². The van der Waals surface area contributed by atoms with E-state index < -0.39 is 5.97 Å². The highest BCUT2D eigenvalue weighted by atomic mass is 79.9. The number of aromatic nitrogens is 2. The molecule has 2 aliphatic heterocycles. The third-order valence-electron chi connectivity index (χ3n) is 8.84. The van der Waals surface area contributed by atoms with Crippen LogP contribution in [0, 0.1) is 0 Å². The number of esters is 2. The molecule has 0 saturated carbocycles. The number of anilines is 2.